The third-order valence-corrected chi connectivity index (χ3v) is 3.09. The summed E-state index contributed by atoms with van der Waals surface area (Å²) < 4.78 is 12.8. The van der Waals surface area contributed by atoms with Crippen LogP contribution in [-0.4, -0.2) is 50.8 Å². The average Bonchev–Trinajstić information content (AvgIpc) is 2.94. The lowest BCUT2D eigenvalue weighted by atomic mass is 10.0. The lowest BCUT2D eigenvalue weighted by Crippen LogP contribution is -2.44. The van der Waals surface area contributed by atoms with Crippen molar-refractivity contribution in [2.45, 2.75) is 24.0 Å². The van der Waals surface area contributed by atoms with Crippen LogP contribution in [0.4, 0.5) is 0 Å². The van der Waals surface area contributed by atoms with E-state index in [1.54, 1.807) is 23.3 Å². The zero-order chi connectivity index (χ0) is 10.5. The van der Waals surface area contributed by atoms with E-state index in [1.165, 1.54) is 0 Å². The SMILES string of the molecule is OCC12COC(C(n3ccnc3)O1)C2O. The Morgan fingerprint density at radius 2 is 2.47 bits per heavy atom. The number of nitrogens with zero attached hydrogens (tertiary/aromatic N) is 2. The van der Waals surface area contributed by atoms with Gasteiger partial charge in [-0.2, -0.15) is 0 Å². The van der Waals surface area contributed by atoms with E-state index in [0.717, 1.165) is 0 Å². The smallest absolute Gasteiger partial charge is 0.164 e. The monoisotopic (exact) mass is 212 g/mol. The van der Waals surface area contributed by atoms with Gasteiger partial charge in [-0.1, -0.05) is 0 Å². The second-order valence-corrected chi connectivity index (χ2v) is 3.96. The third kappa shape index (κ3) is 1.10. The topological polar surface area (TPSA) is 76.7 Å². The zero-order valence-electron chi connectivity index (χ0n) is 7.98. The molecule has 2 N–H and O–H groups in total. The van der Waals surface area contributed by atoms with Crippen molar-refractivity contribution in [3.05, 3.63) is 18.7 Å². The number of aliphatic hydroxyl groups excluding tert-OH is 2. The number of aromatic nitrogens is 2. The molecule has 82 valence electrons. The molecule has 2 aliphatic heterocycles. The van der Waals surface area contributed by atoms with Gasteiger partial charge in [-0.15, -0.1) is 0 Å². The molecule has 3 rings (SSSR count). The van der Waals surface area contributed by atoms with Crippen LogP contribution in [0.3, 0.4) is 0 Å². The van der Waals surface area contributed by atoms with Crippen LogP contribution in [0.1, 0.15) is 6.23 Å². The van der Waals surface area contributed by atoms with E-state index in [0.29, 0.717) is 0 Å². The summed E-state index contributed by atoms with van der Waals surface area (Å²) >= 11 is 0. The minimum Gasteiger partial charge on any atom is -0.393 e. The average molecular weight is 212 g/mol. The molecule has 1 aromatic heterocycles. The van der Waals surface area contributed by atoms with Gasteiger partial charge < -0.3 is 24.3 Å². The summed E-state index contributed by atoms with van der Waals surface area (Å²) in [5, 5.41) is 19.1. The standard InChI is InChI=1S/C9H12N2O4/c12-3-9-4-14-6(7(9)13)8(15-9)11-2-1-10-5-11/h1-2,5-8,12-13H,3-4H2. The highest BCUT2D eigenvalue weighted by molar-refractivity contribution is 5.07. The van der Waals surface area contributed by atoms with Crippen molar-refractivity contribution in [3.63, 3.8) is 0 Å². The molecule has 2 aliphatic rings. The minimum absolute atomic E-state index is 0.237. The number of hydrogen-bond acceptors (Lipinski definition) is 5. The van der Waals surface area contributed by atoms with E-state index < -0.39 is 24.0 Å². The molecule has 0 radical (unpaired) electrons. The van der Waals surface area contributed by atoms with E-state index in [2.05, 4.69) is 4.98 Å². The van der Waals surface area contributed by atoms with Crippen LogP contribution < -0.4 is 0 Å². The quantitative estimate of drug-likeness (QED) is 0.651. The maximum absolute atomic E-state index is 9.90. The highest BCUT2D eigenvalue weighted by atomic mass is 16.7. The summed E-state index contributed by atoms with van der Waals surface area (Å²) in [6, 6.07) is 0. The lowest BCUT2D eigenvalue weighted by molar-refractivity contribution is -0.186. The summed E-state index contributed by atoms with van der Waals surface area (Å²) in [4.78, 5) is 3.91. The number of hydrogen-bond donors (Lipinski definition) is 2. The molecule has 2 fully saturated rings. The minimum atomic E-state index is -0.959. The molecular formula is C9H12N2O4. The summed E-state index contributed by atoms with van der Waals surface area (Å²) in [6.45, 7) is -0.00358. The fourth-order valence-corrected chi connectivity index (χ4v) is 2.19. The Hall–Kier alpha value is -0.950. The molecule has 6 nitrogen and oxygen atoms in total. The van der Waals surface area contributed by atoms with Crippen molar-refractivity contribution in [2.75, 3.05) is 13.2 Å². The molecule has 0 aromatic carbocycles. The molecular weight excluding hydrogens is 200 g/mol. The van der Waals surface area contributed by atoms with E-state index in [4.69, 9.17) is 9.47 Å². The Balaban J connectivity index is 1.92. The number of imidazole rings is 1. The number of fused-ring (bicyclic) bond motifs is 2. The Bertz CT molecular complexity index is 355. The van der Waals surface area contributed by atoms with Gasteiger partial charge >= 0.3 is 0 Å². The molecule has 2 saturated heterocycles. The lowest BCUT2D eigenvalue weighted by Gasteiger charge is -2.29. The zero-order valence-corrected chi connectivity index (χ0v) is 7.98. The van der Waals surface area contributed by atoms with Gasteiger partial charge in [0.15, 0.2) is 6.23 Å². The van der Waals surface area contributed by atoms with Crippen molar-refractivity contribution in [3.8, 4) is 0 Å². The highest BCUT2D eigenvalue weighted by Crippen LogP contribution is 2.44. The van der Waals surface area contributed by atoms with Crippen LogP contribution in [0, 0.1) is 0 Å². The molecule has 0 saturated carbocycles. The number of ether oxygens (including phenoxy) is 2. The van der Waals surface area contributed by atoms with Gasteiger partial charge in [0.2, 0.25) is 0 Å². The van der Waals surface area contributed by atoms with Gasteiger partial charge in [-0.05, 0) is 0 Å². The van der Waals surface area contributed by atoms with Crippen LogP contribution in [0.5, 0.6) is 0 Å². The Labute approximate surface area is 86.1 Å². The summed E-state index contributed by atoms with van der Waals surface area (Å²) in [6.07, 6.45) is 3.37. The fraction of sp³-hybridized carbons (Fsp3) is 0.667. The molecule has 2 bridgehead atoms. The molecule has 6 heteroatoms. The molecule has 4 atom stereocenters. The third-order valence-electron chi connectivity index (χ3n) is 3.09. The Kier molecular flexibility index (Phi) is 1.87. The normalized spacial score (nSPS) is 43.7. The predicted octanol–water partition coefficient (Wildman–Crippen LogP) is -1.10. The van der Waals surface area contributed by atoms with Gasteiger partial charge in [-0.25, -0.2) is 4.98 Å². The molecule has 0 aliphatic carbocycles. The molecule has 1 aromatic rings. The first kappa shape index (κ1) is 9.29. The van der Waals surface area contributed by atoms with Crippen LogP contribution >= 0.6 is 0 Å². The van der Waals surface area contributed by atoms with E-state index in [-0.39, 0.29) is 13.2 Å². The first-order valence-electron chi connectivity index (χ1n) is 4.83. The van der Waals surface area contributed by atoms with Crippen molar-refractivity contribution < 1.29 is 19.7 Å². The molecule has 0 amide bonds. The van der Waals surface area contributed by atoms with Crippen molar-refractivity contribution in [2.24, 2.45) is 0 Å². The molecule has 0 spiro atoms. The first-order chi connectivity index (χ1) is 7.27. The highest BCUT2D eigenvalue weighted by Gasteiger charge is 2.61. The van der Waals surface area contributed by atoms with E-state index >= 15 is 0 Å². The summed E-state index contributed by atoms with van der Waals surface area (Å²) in [5.41, 5.74) is -0.959. The van der Waals surface area contributed by atoms with Crippen LogP contribution in [0.15, 0.2) is 18.7 Å². The van der Waals surface area contributed by atoms with Crippen molar-refractivity contribution in [1.82, 2.24) is 9.55 Å². The molecule has 3 heterocycles. The van der Waals surface area contributed by atoms with E-state index in [1.807, 2.05) is 0 Å². The van der Waals surface area contributed by atoms with Gasteiger partial charge in [0, 0.05) is 12.4 Å². The van der Waals surface area contributed by atoms with Crippen molar-refractivity contribution >= 4 is 0 Å². The van der Waals surface area contributed by atoms with Gasteiger partial charge in [0.05, 0.1) is 19.5 Å². The number of rotatable bonds is 2. The second kappa shape index (κ2) is 3.02. The van der Waals surface area contributed by atoms with Gasteiger partial charge in [0.1, 0.15) is 17.8 Å². The second-order valence-electron chi connectivity index (χ2n) is 3.96. The van der Waals surface area contributed by atoms with Crippen molar-refractivity contribution in [1.29, 1.82) is 0 Å². The number of aliphatic hydroxyl groups is 2. The van der Waals surface area contributed by atoms with Crippen LogP contribution in [0.25, 0.3) is 0 Å². The molecule has 15 heavy (non-hydrogen) atoms. The maximum Gasteiger partial charge on any atom is 0.164 e. The largest absolute Gasteiger partial charge is 0.393 e. The van der Waals surface area contributed by atoms with Crippen LogP contribution in [0.2, 0.25) is 0 Å². The predicted molar refractivity (Wildman–Crippen MR) is 47.9 cm³/mol. The van der Waals surface area contributed by atoms with Gasteiger partial charge in [0.25, 0.3) is 0 Å². The van der Waals surface area contributed by atoms with E-state index in [9.17, 15) is 10.2 Å². The first-order valence-corrected chi connectivity index (χ1v) is 4.83. The van der Waals surface area contributed by atoms with Crippen LogP contribution in [-0.2, 0) is 9.47 Å². The summed E-state index contributed by atoms with van der Waals surface area (Å²) in [7, 11) is 0. The Morgan fingerprint density at radius 3 is 3.07 bits per heavy atom. The molecule has 4 unspecified atom stereocenters. The fourth-order valence-electron chi connectivity index (χ4n) is 2.19. The Morgan fingerprint density at radius 1 is 1.60 bits per heavy atom. The van der Waals surface area contributed by atoms with Gasteiger partial charge in [-0.3, -0.25) is 0 Å². The summed E-state index contributed by atoms with van der Waals surface area (Å²) in [5.74, 6) is 0. The maximum atomic E-state index is 9.90.